The van der Waals surface area contributed by atoms with Gasteiger partial charge >= 0.3 is 0 Å². The van der Waals surface area contributed by atoms with Gasteiger partial charge in [0, 0.05) is 16.2 Å². The second-order valence-corrected chi connectivity index (χ2v) is 6.40. The number of hydrogen-bond donors (Lipinski definition) is 1. The van der Waals surface area contributed by atoms with E-state index in [2.05, 4.69) is 6.58 Å². The summed E-state index contributed by atoms with van der Waals surface area (Å²) < 4.78 is 23.8. The van der Waals surface area contributed by atoms with E-state index in [1.165, 1.54) is 23.9 Å². The van der Waals surface area contributed by atoms with E-state index >= 15 is 0 Å². The molecule has 0 fully saturated rings. The average Bonchev–Trinajstić information content (AvgIpc) is 2.23. The van der Waals surface area contributed by atoms with Crippen LogP contribution in [0.5, 0.6) is 0 Å². The maximum absolute atomic E-state index is 11.9. The third-order valence-electron chi connectivity index (χ3n) is 2.29. The van der Waals surface area contributed by atoms with Gasteiger partial charge in [0.25, 0.3) is 0 Å². The molecule has 16 heavy (non-hydrogen) atoms. The number of thioether (sulfide) groups is 1. The average molecular weight is 255 g/mol. The summed E-state index contributed by atoms with van der Waals surface area (Å²) >= 11 is 1.39. The number of rotatable bonds is 1. The van der Waals surface area contributed by atoms with Crippen LogP contribution < -0.4 is 5.73 Å². The molecule has 0 aliphatic carbocycles. The molecule has 1 aromatic rings. The number of fused-ring (bicyclic) bond motifs is 1. The second kappa shape index (κ2) is 3.64. The lowest BCUT2D eigenvalue weighted by molar-refractivity contribution is 0.1000. The van der Waals surface area contributed by atoms with E-state index in [-0.39, 0.29) is 15.4 Å². The van der Waals surface area contributed by atoms with Crippen molar-refractivity contribution in [3.63, 3.8) is 0 Å². The van der Waals surface area contributed by atoms with E-state index in [1.807, 2.05) is 0 Å². The summed E-state index contributed by atoms with van der Waals surface area (Å²) in [6.45, 7) is 3.52. The van der Waals surface area contributed by atoms with Crippen molar-refractivity contribution in [2.75, 3.05) is 5.75 Å². The highest BCUT2D eigenvalue weighted by Gasteiger charge is 2.28. The predicted molar refractivity (Wildman–Crippen MR) is 62.0 cm³/mol. The predicted octanol–water partition coefficient (Wildman–Crippen LogP) is 1.18. The number of primary amides is 1. The van der Waals surface area contributed by atoms with E-state index in [1.54, 1.807) is 6.07 Å². The van der Waals surface area contributed by atoms with E-state index in [0.717, 1.165) is 0 Å². The molecule has 0 unspecified atom stereocenters. The highest BCUT2D eigenvalue weighted by molar-refractivity contribution is 8.04. The van der Waals surface area contributed by atoms with E-state index in [4.69, 9.17) is 5.73 Å². The quantitative estimate of drug-likeness (QED) is 0.817. The molecule has 0 bridgehead atoms. The molecule has 0 atom stereocenters. The number of nitrogens with two attached hydrogens (primary N) is 1. The van der Waals surface area contributed by atoms with E-state index in [0.29, 0.717) is 10.6 Å². The van der Waals surface area contributed by atoms with Crippen LogP contribution in [0.15, 0.2) is 39.5 Å². The lowest BCUT2D eigenvalue weighted by Crippen LogP contribution is -2.16. The van der Waals surface area contributed by atoms with Crippen LogP contribution in [0.3, 0.4) is 0 Å². The van der Waals surface area contributed by atoms with Gasteiger partial charge < -0.3 is 5.73 Å². The largest absolute Gasteiger partial charge is 0.366 e. The van der Waals surface area contributed by atoms with Gasteiger partial charge in [-0.05, 0) is 18.2 Å². The second-order valence-electron chi connectivity index (χ2n) is 3.36. The van der Waals surface area contributed by atoms with Crippen molar-refractivity contribution in [3.05, 3.63) is 35.2 Å². The van der Waals surface area contributed by atoms with Crippen molar-refractivity contribution >= 4 is 27.5 Å². The van der Waals surface area contributed by atoms with Gasteiger partial charge in [-0.25, -0.2) is 8.42 Å². The number of amides is 1. The van der Waals surface area contributed by atoms with Gasteiger partial charge in [0.1, 0.15) is 0 Å². The molecule has 0 spiro atoms. The van der Waals surface area contributed by atoms with Crippen LogP contribution in [0, 0.1) is 0 Å². The molecule has 1 heterocycles. The van der Waals surface area contributed by atoms with Crippen molar-refractivity contribution in [1.29, 1.82) is 0 Å². The van der Waals surface area contributed by atoms with Crippen molar-refractivity contribution < 1.29 is 13.2 Å². The van der Waals surface area contributed by atoms with Crippen LogP contribution >= 0.6 is 11.8 Å². The monoisotopic (exact) mass is 255 g/mol. The standard InChI is InChI=1S/C10H9NO3S2/c1-6-5-15-8-3-2-7(10(11)12)4-9(8)16(6,13)14/h2-4H,1,5H2,(H2,11,12). The number of carbonyl (C=O) groups is 1. The van der Waals surface area contributed by atoms with Gasteiger partial charge in [0.2, 0.25) is 15.7 Å². The van der Waals surface area contributed by atoms with Crippen LogP contribution in [-0.4, -0.2) is 20.1 Å². The van der Waals surface area contributed by atoms with Gasteiger partial charge in [-0.2, -0.15) is 0 Å². The molecule has 2 rings (SSSR count). The first-order chi connectivity index (χ1) is 7.43. The molecule has 0 saturated heterocycles. The molecule has 1 aliphatic rings. The van der Waals surface area contributed by atoms with Crippen molar-refractivity contribution in [3.8, 4) is 0 Å². The molecule has 0 saturated carbocycles. The first-order valence-electron chi connectivity index (χ1n) is 4.42. The van der Waals surface area contributed by atoms with Crippen LogP contribution in [0.1, 0.15) is 10.4 Å². The maximum Gasteiger partial charge on any atom is 0.248 e. The lowest BCUT2D eigenvalue weighted by Gasteiger charge is -2.17. The summed E-state index contributed by atoms with van der Waals surface area (Å²) in [6, 6.07) is 4.44. The number of benzene rings is 1. The molecule has 84 valence electrons. The summed E-state index contributed by atoms with van der Waals surface area (Å²) in [5, 5.41) is 0. The van der Waals surface area contributed by atoms with Crippen LogP contribution in [0.25, 0.3) is 0 Å². The van der Waals surface area contributed by atoms with Crippen LogP contribution in [0.4, 0.5) is 0 Å². The molecule has 1 aliphatic heterocycles. The Morgan fingerprint density at radius 2 is 2.12 bits per heavy atom. The minimum absolute atomic E-state index is 0.130. The van der Waals surface area contributed by atoms with Gasteiger partial charge in [0.05, 0.1) is 9.80 Å². The molecular weight excluding hydrogens is 246 g/mol. The summed E-state index contributed by atoms with van der Waals surface area (Å²) in [7, 11) is -3.50. The number of carbonyl (C=O) groups excluding carboxylic acids is 1. The Kier molecular flexibility index (Phi) is 2.55. The van der Waals surface area contributed by atoms with Crippen LogP contribution in [0.2, 0.25) is 0 Å². The Hall–Kier alpha value is -1.27. The third-order valence-corrected chi connectivity index (χ3v) is 5.58. The molecule has 0 aromatic heterocycles. The van der Waals surface area contributed by atoms with Crippen LogP contribution in [-0.2, 0) is 9.84 Å². The summed E-state index contributed by atoms with van der Waals surface area (Å²) in [4.78, 5) is 11.9. The fraction of sp³-hybridized carbons (Fsp3) is 0.100. The summed E-state index contributed by atoms with van der Waals surface area (Å²) in [6.07, 6.45) is 0. The smallest absolute Gasteiger partial charge is 0.248 e. The number of sulfone groups is 1. The topological polar surface area (TPSA) is 77.2 Å². The Morgan fingerprint density at radius 3 is 2.75 bits per heavy atom. The van der Waals surface area contributed by atoms with Crippen molar-refractivity contribution in [1.82, 2.24) is 0 Å². The van der Waals surface area contributed by atoms with E-state index in [9.17, 15) is 13.2 Å². The zero-order valence-electron chi connectivity index (χ0n) is 8.26. The normalized spacial score (nSPS) is 17.9. The molecule has 4 nitrogen and oxygen atoms in total. The molecule has 6 heteroatoms. The van der Waals surface area contributed by atoms with Crippen molar-refractivity contribution in [2.45, 2.75) is 9.79 Å². The minimum atomic E-state index is -3.50. The lowest BCUT2D eigenvalue weighted by atomic mass is 10.2. The van der Waals surface area contributed by atoms with Gasteiger partial charge in [-0.3, -0.25) is 4.79 Å². The zero-order valence-corrected chi connectivity index (χ0v) is 9.90. The highest BCUT2D eigenvalue weighted by atomic mass is 32.2. The zero-order chi connectivity index (χ0) is 11.9. The Bertz CT molecular complexity index is 590. The third kappa shape index (κ3) is 1.64. The Labute approximate surface area is 97.4 Å². The SMILES string of the molecule is C=C1CSc2ccc(C(N)=O)cc2S1(=O)=O. The summed E-state index contributed by atoms with van der Waals surface area (Å²) in [5.41, 5.74) is 5.30. The Morgan fingerprint density at radius 1 is 1.44 bits per heavy atom. The fourth-order valence-corrected chi connectivity index (χ4v) is 4.29. The maximum atomic E-state index is 11.9. The van der Waals surface area contributed by atoms with E-state index < -0.39 is 15.7 Å². The minimum Gasteiger partial charge on any atom is -0.366 e. The Balaban J connectivity index is 2.69. The summed E-state index contributed by atoms with van der Waals surface area (Å²) in [5.74, 6) is -0.287. The highest BCUT2D eigenvalue weighted by Crippen LogP contribution is 2.37. The fourth-order valence-electron chi connectivity index (χ4n) is 1.38. The molecule has 1 aromatic carbocycles. The molecular formula is C10H9NO3S2. The van der Waals surface area contributed by atoms with Gasteiger partial charge in [-0.1, -0.05) is 6.58 Å². The molecule has 2 N–H and O–H groups in total. The first-order valence-corrected chi connectivity index (χ1v) is 6.89. The van der Waals surface area contributed by atoms with Crippen molar-refractivity contribution in [2.24, 2.45) is 5.73 Å². The van der Waals surface area contributed by atoms with Gasteiger partial charge in [0.15, 0.2) is 0 Å². The van der Waals surface area contributed by atoms with Gasteiger partial charge in [-0.15, -0.1) is 11.8 Å². The molecule has 0 radical (unpaired) electrons. The molecule has 1 amide bonds. The first kappa shape index (κ1) is 11.2. The number of hydrogen-bond acceptors (Lipinski definition) is 4.